The fourth-order valence-electron chi connectivity index (χ4n) is 5.81. The van der Waals surface area contributed by atoms with Crippen molar-refractivity contribution in [2.75, 3.05) is 26.4 Å². The van der Waals surface area contributed by atoms with Gasteiger partial charge in [-0.05, 0) is 38.5 Å². The van der Waals surface area contributed by atoms with Crippen molar-refractivity contribution in [3.63, 3.8) is 0 Å². The first-order valence-corrected chi connectivity index (χ1v) is 22.2. The van der Waals surface area contributed by atoms with E-state index in [2.05, 4.69) is 26.0 Å². The highest BCUT2D eigenvalue weighted by Crippen LogP contribution is 2.43. The third kappa shape index (κ3) is 36.5. The zero-order valence-electron chi connectivity index (χ0n) is 32.4. The molecule has 9 nitrogen and oxygen atoms in total. The van der Waals surface area contributed by atoms with E-state index in [0.717, 1.165) is 44.9 Å². The molecule has 0 heterocycles. The lowest BCUT2D eigenvalue weighted by atomic mass is 10.1. The molecule has 0 bridgehead atoms. The van der Waals surface area contributed by atoms with E-state index in [1.807, 2.05) is 0 Å². The molecular formula is C40H78NO8P. The average molecular weight is 732 g/mol. The van der Waals surface area contributed by atoms with E-state index in [0.29, 0.717) is 6.42 Å². The van der Waals surface area contributed by atoms with Crippen molar-refractivity contribution in [3.8, 4) is 0 Å². The van der Waals surface area contributed by atoms with E-state index in [-0.39, 0.29) is 38.6 Å². The minimum atomic E-state index is -4.37. The van der Waals surface area contributed by atoms with Crippen LogP contribution in [-0.2, 0) is 32.7 Å². The standard InChI is InChI=1S/C40H78NO8P/c1-3-5-7-9-11-13-15-16-17-18-19-20-21-22-23-25-27-29-31-33-40(43)49-38(37-48-50(44,45)47-35-34-41)36-46-39(42)32-30-28-26-24-14-12-10-8-6-4-2/h18-19,38H,3-17,20-37,41H2,1-2H3,(H,44,45)/b19-18-/t38-/m1/s1. The Morgan fingerprint density at radius 2 is 0.980 bits per heavy atom. The summed E-state index contributed by atoms with van der Waals surface area (Å²) >= 11 is 0. The molecule has 3 N–H and O–H groups in total. The van der Waals surface area contributed by atoms with Crippen molar-refractivity contribution in [2.24, 2.45) is 5.73 Å². The summed E-state index contributed by atoms with van der Waals surface area (Å²) in [4.78, 5) is 34.7. The molecule has 0 saturated heterocycles. The predicted octanol–water partition coefficient (Wildman–Crippen LogP) is 11.4. The second kappa shape index (κ2) is 37.5. The van der Waals surface area contributed by atoms with Gasteiger partial charge < -0.3 is 20.1 Å². The van der Waals surface area contributed by atoms with Crippen molar-refractivity contribution in [2.45, 2.75) is 206 Å². The average Bonchev–Trinajstić information content (AvgIpc) is 3.10. The number of phosphoric ester groups is 1. The molecule has 2 atom stereocenters. The van der Waals surface area contributed by atoms with Crippen LogP contribution in [0.5, 0.6) is 0 Å². The van der Waals surface area contributed by atoms with Gasteiger partial charge in [0.2, 0.25) is 0 Å². The summed E-state index contributed by atoms with van der Waals surface area (Å²) in [5, 5.41) is 0. The lowest BCUT2D eigenvalue weighted by Gasteiger charge is -2.19. The number of nitrogens with two attached hydrogens (primary N) is 1. The zero-order chi connectivity index (χ0) is 36.8. The van der Waals surface area contributed by atoms with Gasteiger partial charge in [-0.15, -0.1) is 0 Å². The van der Waals surface area contributed by atoms with Crippen LogP contribution < -0.4 is 5.73 Å². The molecule has 10 heteroatoms. The van der Waals surface area contributed by atoms with E-state index >= 15 is 0 Å². The maximum Gasteiger partial charge on any atom is 0.472 e. The van der Waals surface area contributed by atoms with Gasteiger partial charge in [-0.2, -0.15) is 0 Å². The molecule has 0 aromatic carbocycles. The number of esters is 2. The van der Waals surface area contributed by atoms with Crippen molar-refractivity contribution >= 4 is 19.8 Å². The molecule has 0 saturated carbocycles. The van der Waals surface area contributed by atoms with Crippen molar-refractivity contribution in [3.05, 3.63) is 12.2 Å². The molecular weight excluding hydrogens is 653 g/mol. The van der Waals surface area contributed by atoms with Crippen LogP contribution in [0.3, 0.4) is 0 Å². The Kier molecular flexibility index (Phi) is 36.6. The monoisotopic (exact) mass is 732 g/mol. The first kappa shape index (κ1) is 48.8. The fraction of sp³-hybridized carbons (Fsp3) is 0.900. The Hall–Kier alpha value is -1.25. The normalized spacial score (nSPS) is 13.4. The Morgan fingerprint density at radius 3 is 1.42 bits per heavy atom. The Labute approximate surface area is 307 Å². The first-order chi connectivity index (χ1) is 24.3. The van der Waals surface area contributed by atoms with Crippen LogP contribution in [0.15, 0.2) is 12.2 Å². The van der Waals surface area contributed by atoms with Crippen LogP contribution in [0.1, 0.15) is 200 Å². The van der Waals surface area contributed by atoms with Gasteiger partial charge in [0.25, 0.3) is 0 Å². The van der Waals surface area contributed by atoms with Gasteiger partial charge in [0.1, 0.15) is 6.61 Å². The van der Waals surface area contributed by atoms with Crippen LogP contribution in [0.25, 0.3) is 0 Å². The number of phosphoric acid groups is 1. The smallest absolute Gasteiger partial charge is 0.462 e. The maximum absolute atomic E-state index is 12.5. The summed E-state index contributed by atoms with van der Waals surface area (Å²) in [6.07, 6.45) is 36.7. The zero-order valence-corrected chi connectivity index (χ0v) is 33.3. The van der Waals surface area contributed by atoms with Crippen LogP contribution in [0, 0.1) is 0 Å². The summed E-state index contributed by atoms with van der Waals surface area (Å²) in [6.45, 7) is 3.72. The summed E-state index contributed by atoms with van der Waals surface area (Å²) in [5.74, 6) is -0.828. The second-order valence-corrected chi connectivity index (χ2v) is 15.3. The molecule has 0 aromatic rings. The van der Waals surface area contributed by atoms with Gasteiger partial charge in [-0.1, -0.05) is 161 Å². The van der Waals surface area contributed by atoms with Gasteiger partial charge in [-0.25, -0.2) is 4.57 Å². The number of carbonyl (C=O) groups is 2. The first-order valence-electron chi connectivity index (χ1n) is 20.7. The predicted molar refractivity (Wildman–Crippen MR) is 206 cm³/mol. The maximum atomic E-state index is 12.5. The van der Waals surface area contributed by atoms with Gasteiger partial charge in [0, 0.05) is 19.4 Å². The molecule has 50 heavy (non-hydrogen) atoms. The third-order valence-corrected chi connectivity index (χ3v) is 9.89. The fourth-order valence-corrected chi connectivity index (χ4v) is 6.57. The second-order valence-electron chi connectivity index (χ2n) is 13.9. The van der Waals surface area contributed by atoms with Crippen LogP contribution >= 0.6 is 7.82 Å². The topological polar surface area (TPSA) is 134 Å². The molecule has 0 spiro atoms. The minimum absolute atomic E-state index is 0.0552. The van der Waals surface area contributed by atoms with E-state index in [1.165, 1.54) is 122 Å². The van der Waals surface area contributed by atoms with Crippen molar-refractivity contribution in [1.29, 1.82) is 0 Å². The molecule has 0 aliphatic carbocycles. The molecule has 0 fully saturated rings. The largest absolute Gasteiger partial charge is 0.472 e. The van der Waals surface area contributed by atoms with E-state index in [4.69, 9.17) is 24.3 Å². The van der Waals surface area contributed by atoms with E-state index in [9.17, 15) is 19.0 Å². The highest BCUT2D eigenvalue weighted by molar-refractivity contribution is 7.47. The highest BCUT2D eigenvalue weighted by Gasteiger charge is 2.26. The number of ether oxygens (including phenoxy) is 2. The Morgan fingerprint density at radius 1 is 0.580 bits per heavy atom. The number of hydrogen-bond donors (Lipinski definition) is 2. The molecule has 0 rings (SSSR count). The van der Waals surface area contributed by atoms with Gasteiger partial charge >= 0.3 is 19.8 Å². The third-order valence-electron chi connectivity index (χ3n) is 8.90. The van der Waals surface area contributed by atoms with Gasteiger partial charge in [0.05, 0.1) is 13.2 Å². The SMILES string of the molecule is CCCCCCCCCC/C=C\CCCCCCCCCC(=O)O[C@H](COC(=O)CCCCCCCCCCCC)COP(=O)(O)OCCN. The highest BCUT2D eigenvalue weighted by atomic mass is 31.2. The van der Waals surface area contributed by atoms with E-state index < -0.39 is 26.5 Å². The van der Waals surface area contributed by atoms with Gasteiger partial charge in [0.15, 0.2) is 6.10 Å². The number of allylic oxidation sites excluding steroid dienone is 2. The Balaban J connectivity index is 4.12. The summed E-state index contributed by atoms with van der Waals surface area (Å²) in [6, 6.07) is 0. The van der Waals surface area contributed by atoms with E-state index in [1.54, 1.807) is 0 Å². The molecule has 0 aliphatic heterocycles. The lowest BCUT2D eigenvalue weighted by Crippen LogP contribution is -2.29. The van der Waals surface area contributed by atoms with Crippen LogP contribution in [0.4, 0.5) is 0 Å². The van der Waals surface area contributed by atoms with Crippen molar-refractivity contribution in [1.82, 2.24) is 0 Å². The number of carbonyl (C=O) groups excluding carboxylic acids is 2. The molecule has 296 valence electrons. The molecule has 0 aromatic heterocycles. The number of rotatable bonds is 39. The molecule has 0 radical (unpaired) electrons. The molecule has 0 aliphatic rings. The summed E-state index contributed by atoms with van der Waals surface area (Å²) in [7, 11) is -4.37. The number of hydrogen-bond acceptors (Lipinski definition) is 8. The minimum Gasteiger partial charge on any atom is -0.462 e. The summed E-state index contributed by atoms with van der Waals surface area (Å²) < 4.78 is 32.7. The lowest BCUT2D eigenvalue weighted by molar-refractivity contribution is -0.161. The summed E-state index contributed by atoms with van der Waals surface area (Å²) in [5.41, 5.74) is 5.33. The number of unbranched alkanes of at least 4 members (excludes halogenated alkanes) is 24. The molecule has 1 unspecified atom stereocenters. The quantitative estimate of drug-likeness (QED) is 0.0274. The van der Waals surface area contributed by atoms with Crippen LogP contribution in [0.2, 0.25) is 0 Å². The van der Waals surface area contributed by atoms with Crippen molar-refractivity contribution < 1.29 is 37.6 Å². The van der Waals surface area contributed by atoms with Crippen LogP contribution in [-0.4, -0.2) is 49.3 Å². The molecule has 0 amide bonds. The Bertz CT molecular complexity index is 840. The van der Waals surface area contributed by atoms with Gasteiger partial charge in [-0.3, -0.25) is 18.6 Å².